The highest BCUT2D eigenvalue weighted by Crippen LogP contribution is 2.51. The standard InChI is InChI=1S/C27H30O17/c28-6-12-15(32)18(35)20(37)26(41-12)43-24-17(34)14-10(31)5-11(8-1-3-9(30)4-2-8)40-23(14)25(22(24)39)44-27-21(38)19(36)16(33)13(7-29)42-27/h1-5,12-13,15-16,18-21,26-30,32-39H,6-7H2/t12-,13-,15+,16+,18-,19+,20+,21+,26+,27+/m1/s1. The number of ether oxygens (including phenoxy) is 4. The molecule has 2 aromatic carbocycles. The largest absolute Gasteiger partial charge is 0.508 e. The molecule has 10 atom stereocenters. The van der Waals surface area contributed by atoms with Crippen LogP contribution in [-0.2, 0) is 9.47 Å². The Morgan fingerprint density at radius 1 is 0.659 bits per heavy atom. The van der Waals surface area contributed by atoms with Gasteiger partial charge in [0, 0.05) is 11.6 Å². The minimum Gasteiger partial charge on any atom is -0.508 e. The van der Waals surface area contributed by atoms with Crippen LogP contribution in [0.15, 0.2) is 39.5 Å². The Morgan fingerprint density at radius 3 is 1.66 bits per heavy atom. The first-order chi connectivity index (χ1) is 20.9. The molecule has 0 spiro atoms. The topological polar surface area (TPSA) is 290 Å². The summed E-state index contributed by atoms with van der Waals surface area (Å²) in [5.74, 6) is -4.28. The molecule has 3 aromatic rings. The van der Waals surface area contributed by atoms with Gasteiger partial charge in [-0.3, -0.25) is 4.79 Å². The molecule has 2 aliphatic rings. The van der Waals surface area contributed by atoms with Gasteiger partial charge in [-0.25, -0.2) is 0 Å². The van der Waals surface area contributed by atoms with Crippen LogP contribution in [0.1, 0.15) is 0 Å². The Hall–Kier alpha value is -3.75. The second-order valence-electron chi connectivity index (χ2n) is 10.2. The molecule has 11 N–H and O–H groups in total. The van der Waals surface area contributed by atoms with E-state index in [2.05, 4.69) is 0 Å². The molecule has 0 saturated carbocycles. The van der Waals surface area contributed by atoms with Crippen molar-refractivity contribution in [1.82, 2.24) is 0 Å². The first-order valence-electron chi connectivity index (χ1n) is 13.2. The maximum absolute atomic E-state index is 13.3. The van der Waals surface area contributed by atoms with E-state index in [1.165, 1.54) is 24.3 Å². The number of aliphatic hydroxyl groups excluding tert-OH is 8. The van der Waals surface area contributed by atoms with E-state index in [1.807, 2.05) is 0 Å². The molecule has 0 amide bonds. The van der Waals surface area contributed by atoms with E-state index < -0.39 is 114 Å². The van der Waals surface area contributed by atoms with Crippen LogP contribution in [0.25, 0.3) is 22.3 Å². The Balaban J connectivity index is 1.67. The maximum Gasteiger partial charge on any atom is 0.229 e. The summed E-state index contributed by atoms with van der Waals surface area (Å²) in [6.45, 7) is -1.67. The van der Waals surface area contributed by atoms with Crippen molar-refractivity contribution >= 4 is 11.0 Å². The van der Waals surface area contributed by atoms with E-state index in [4.69, 9.17) is 23.4 Å². The minimum absolute atomic E-state index is 0.103. The first kappa shape index (κ1) is 31.7. The van der Waals surface area contributed by atoms with Crippen molar-refractivity contribution in [2.75, 3.05) is 13.2 Å². The molecule has 0 unspecified atom stereocenters. The number of aromatic hydroxyl groups is 3. The van der Waals surface area contributed by atoms with E-state index >= 15 is 0 Å². The fraction of sp³-hybridized carbons (Fsp3) is 0.444. The third-order valence-electron chi connectivity index (χ3n) is 7.35. The molecule has 17 nitrogen and oxygen atoms in total. The quantitative estimate of drug-likeness (QED) is 0.124. The van der Waals surface area contributed by atoms with Crippen LogP contribution in [-0.4, -0.2) is 131 Å². The fourth-order valence-electron chi connectivity index (χ4n) is 4.86. The zero-order valence-electron chi connectivity index (χ0n) is 22.4. The Bertz CT molecular complexity index is 1540. The van der Waals surface area contributed by atoms with Crippen LogP contribution < -0.4 is 14.9 Å². The van der Waals surface area contributed by atoms with Gasteiger partial charge in [-0.15, -0.1) is 0 Å². The molecular formula is C27H30O17. The number of rotatable bonds is 7. The van der Waals surface area contributed by atoms with E-state index in [0.29, 0.717) is 0 Å². The van der Waals surface area contributed by atoms with Crippen LogP contribution in [0.4, 0.5) is 0 Å². The molecular weight excluding hydrogens is 596 g/mol. The van der Waals surface area contributed by atoms with Gasteiger partial charge in [0.05, 0.1) is 13.2 Å². The van der Waals surface area contributed by atoms with Crippen molar-refractivity contribution in [2.24, 2.45) is 0 Å². The number of aliphatic hydroxyl groups is 8. The highest BCUT2D eigenvalue weighted by Gasteiger charge is 2.47. The van der Waals surface area contributed by atoms with E-state index in [0.717, 1.165) is 6.07 Å². The monoisotopic (exact) mass is 626 g/mol. The smallest absolute Gasteiger partial charge is 0.229 e. The molecule has 0 radical (unpaired) electrons. The van der Waals surface area contributed by atoms with Crippen molar-refractivity contribution in [3.63, 3.8) is 0 Å². The number of benzene rings is 2. The van der Waals surface area contributed by atoms with Gasteiger partial charge < -0.3 is 79.5 Å². The van der Waals surface area contributed by atoms with Crippen LogP contribution >= 0.6 is 0 Å². The predicted molar refractivity (Wildman–Crippen MR) is 142 cm³/mol. The third kappa shape index (κ3) is 5.50. The number of hydrogen-bond acceptors (Lipinski definition) is 17. The lowest BCUT2D eigenvalue weighted by atomic mass is 9.99. The molecule has 3 heterocycles. The molecule has 1 aromatic heterocycles. The normalized spacial score (nSPS) is 32.5. The highest BCUT2D eigenvalue weighted by atomic mass is 16.7. The SMILES string of the molecule is O=c1cc(-c2ccc(O)cc2)oc2c(O[C@@H]3O[C@H](CO)[C@H](O)[C@H](O)[C@@H]3O)c(O)c(O[C@@H]3O[C@H](CO)[C@H](O)[C@@H](O)[C@@H]3O)c(O)c12. The van der Waals surface area contributed by atoms with E-state index in [-0.39, 0.29) is 17.1 Å². The van der Waals surface area contributed by atoms with Gasteiger partial charge in [0.25, 0.3) is 0 Å². The zero-order chi connectivity index (χ0) is 32.0. The minimum atomic E-state index is -2.01. The van der Waals surface area contributed by atoms with E-state index in [1.54, 1.807) is 0 Å². The van der Waals surface area contributed by atoms with Gasteiger partial charge >= 0.3 is 0 Å². The molecule has 2 fully saturated rings. The van der Waals surface area contributed by atoms with Crippen LogP contribution in [0.2, 0.25) is 0 Å². The number of hydrogen-bond donors (Lipinski definition) is 11. The van der Waals surface area contributed by atoms with Crippen LogP contribution in [0, 0.1) is 0 Å². The second kappa shape index (κ2) is 12.3. The summed E-state index contributed by atoms with van der Waals surface area (Å²) in [4.78, 5) is 13.3. The summed E-state index contributed by atoms with van der Waals surface area (Å²) in [5.41, 5.74) is -1.33. The summed E-state index contributed by atoms with van der Waals surface area (Å²) in [6, 6.07) is 6.29. The van der Waals surface area contributed by atoms with E-state index in [9.17, 15) is 61.0 Å². The lowest BCUT2D eigenvalue weighted by molar-refractivity contribution is -0.279. The summed E-state index contributed by atoms with van der Waals surface area (Å²) >= 11 is 0. The molecule has 0 aliphatic carbocycles. The van der Waals surface area contributed by atoms with Gasteiger partial charge in [0.1, 0.15) is 65.7 Å². The van der Waals surface area contributed by atoms with Crippen LogP contribution in [0.5, 0.6) is 28.7 Å². The summed E-state index contributed by atoms with van der Waals surface area (Å²) in [5, 5.41) is 112. The first-order valence-corrected chi connectivity index (χ1v) is 13.2. The van der Waals surface area contributed by atoms with Crippen molar-refractivity contribution in [3.8, 4) is 40.1 Å². The number of phenolic OH excluding ortho intramolecular Hbond substituents is 3. The summed E-state index contributed by atoms with van der Waals surface area (Å²) in [6.07, 6.45) is -18.2. The number of phenols is 3. The second-order valence-corrected chi connectivity index (χ2v) is 10.2. The molecule has 17 heteroatoms. The van der Waals surface area contributed by atoms with Crippen molar-refractivity contribution in [2.45, 2.75) is 61.4 Å². The van der Waals surface area contributed by atoms with Gasteiger partial charge in [-0.05, 0) is 24.3 Å². The molecule has 2 saturated heterocycles. The summed E-state index contributed by atoms with van der Waals surface area (Å²) in [7, 11) is 0. The van der Waals surface area contributed by atoms with Gasteiger partial charge in [0.2, 0.25) is 29.8 Å². The van der Waals surface area contributed by atoms with Crippen molar-refractivity contribution < 1.29 is 79.5 Å². The molecule has 44 heavy (non-hydrogen) atoms. The highest BCUT2D eigenvalue weighted by molar-refractivity contribution is 5.95. The molecule has 240 valence electrons. The van der Waals surface area contributed by atoms with Crippen molar-refractivity contribution in [1.29, 1.82) is 0 Å². The Morgan fingerprint density at radius 2 is 1.16 bits per heavy atom. The average molecular weight is 627 g/mol. The van der Waals surface area contributed by atoms with Gasteiger partial charge in [0.15, 0.2) is 16.8 Å². The predicted octanol–water partition coefficient (Wildman–Crippen LogP) is -3.07. The molecule has 5 rings (SSSR count). The fourth-order valence-corrected chi connectivity index (χ4v) is 4.86. The maximum atomic E-state index is 13.3. The number of fused-ring (bicyclic) bond motifs is 1. The van der Waals surface area contributed by atoms with Gasteiger partial charge in [-0.1, -0.05) is 0 Å². The lowest BCUT2D eigenvalue weighted by Gasteiger charge is -2.40. The van der Waals surface area contributed by atoms with Gasteiger partial charge in [-0.2, -0.15) is 0 Å². The average Bonchev–Trinajstić information content (AvgIpc) is 3.01. The molecule has 0 bridgehead atoms. The molecule has 2 aliphatic heterocycles. The Labute approximate surface area is 246 Å². The summed E-state index contributed by atoms with van der Waals surface area (Å²) < 4.78 is 27.5. The zero-order valence-corrected chi connectivity index (χ0v) is 22.4. The lowest BCUT2D eigenvalue weighted by Crippen LogP contribution is -2.60. The Kier molecular flexibility index (Phi) is 8.87. The van der Waals surface area contributed by atoms with Crippen molar-refractivity contribution in [3.05, 3.63) is 40.6 Å². The van der Waals surface area contributed by atoms with Crippen LogP contribution in [0.3, 0.4) is 0 Å². The third-order valence-corrected chi connectivity index (χ3v) is 7.35.